The fourth-order valence-corrected chi connectivity index (χ4v) is 3.12. The Kier molecular flexibility index (Phi) is 4.29. The summed E-state index contributed by atoms with van der Waals surface area (Å²) in [5, 5.41) is 3.26. The second-order valence-electron chi connectivity index (χ2n) is 4.88. The minimum Gasteiger partial charge on any atom is -0.300 e. The van der Waals surface area contributed by atoms with E-state index >= 15 is 0 Å². The number of thiazole rings is 1. The van der Waals surface area contributed by atoms with Crippen LogP contribution < -0.4 is 0 Å². The summed E-state index contributed by atoms with van der Waals surface area (Å²) >= 11 is 1.70. The molecule has 17 heavy (non-hydrogen) atoms. The Balaban J connectivity index is 1.98. The van der Waals surface area contributed by atoms with Crippen molar-refractivity contribution in [3.63, 3.8) is 0 Å². The zero-order chi connectivity index (χ0) is 12.3. The maximum atomic E-state index is 11.3. The van der Waals surface area contributed by atoms with E-state index in [0.29, 0.717) is 18.2 Å². The van der Waals surface area contributed by atoms with Crippen molar-refractivity contribution in [2.24, 2.45) is 0 Å². The van der Waals surface area contributed by atoms with E-state index < -0.39 is 0 Å². The number of aryl methyl sites for hydroxylation is 1. The molecule has 2 rings (SSSR count). The van der Waals surface area contributed by atoms with Gasteiger partial charge in [-0.3, -0.25) is 9.69 Å². The van der Waals surface area contributed by atoms with Gasteiger partial charge in [-0.1, -0.05) is 6.42 Å². The predicted octanol–water partition coefficient (Wildman–Crippen LogP) is 2.79. The summed E-state index contributed by atoms with van der Waals surface area (Å²) in [4.78, 5) is 18.2. The molecule has 0 N–H and O–H groups in total. The van der Waals surface area contributed by atoms with E-state index in [1.54, 1.807) is 18.3 Å². The molecule has 0 spiro atoms. The van der Waals surface area contributed by atoms with Gasteiger partial charge in [0.15, 0.2) is 0 Å². The highest BCUT2D eigenvalue weighted by molar-refractivity contribution is 7.09. The van der Waals surface area contributed by atoms with Gasteiger partial charge in [0.2, 0.25) is 0 Å². The Labute approximate surface area is 107 Å². The maximum Gasteiger partial charge on any atom is 0.131 e. The van der Waals surface area contributed by atoms with Crippen LogP contribution in [0.1, 0.15) is 43.3 Å². The van der Waals surface area contributed by atoms with Crippen LogP contribution in [0.3, 0.4) is 0 Å². The first kappa shape index (κ1) is 12.7. The number of hydrogen-bond donors (Lipinski definition) is 0. The first-order valence-electron chi connectivity index (χ1n) is 6.29. The van der Waals surface area contributed by atoms with E-state index in [1.165, 1.54) is 12.8 Å². The van der Waals surface area contributed by atoms with Gasteiger partial charge in [0.25, 0.3) is 0 Å². The highest BCUT2D eigenvalue weighted by Gasteiger charge is 2.23. The van der Waals surface area contributed by atoms with Crippen molar-refractivity contribution in [3.05, 3.63) is 16.1 Å². The first-order chi connectivity index (χ1) is 8.15. The number of carbonyl (C=O) groups excluding carboxylic acids is 1. The third-order valence-corrected chi connectivity index (χ3v) is 4.13. The van der Waals surface area contributed by atoms with Crippen LogP contribution in [0.2, 0.25) is 0 Å². The number of ketones is 1. The molecule has 1 atom stereocenters. The summed E-state index contributed by atoms with van der Waals surface area (Å²) in [6.45, 7) is 5.74. The summed E-state index contributed by atoms with van der Waals surface area (Å²) in [7, 11) is 0. The zero-order valence-electron chi connectivity index (χ0n) is 10.6. The molecule has 2 heterocycles. The molecule has 0 radical (unpaired) electrons. The molecular weight excluding hydrogens is 232 g/mol. The third kappa shape index (κ3) is 3.61. The fourth-order valence-electron chi connectivity index (χ4n) is 2.52. The minimum absolute atomic E-state index is 0.302. The molecule has 3 nitrogen and oxygen atoms in total. The van der Waals surface area contributed by atoms with E-state index in [9.17, 15) is 4.79 Å². The molecule has 1 saturated heterocycles. The monoisotopic (exact) mass is 252 g/mol. The summed E-state index contributed by atoms with van der Waals surface area (Å²) in [6.07, 6.45) is 4.36. The van der Waals surface area contributed by atoms with Crippen LogP contribution in [-0.2, 0) is 11.3 Å². The summed E-state index contributed by atoms with van der Waals surface area (Å²) in [5.74, 6) is 0.302. The predicted molar refractivity (Wildman–Crippen MR) is 70.2 cm³/mol. The molecule has 1 unspecified atom stereocenters. The van der Waals surface area contributed by atoms with Crippen LogP contribution >= 0.6 is 11.3 Å². The topological polar surface area (TPSA) is 33.2 Å². The van der Waals surface area contributed by atoms with Crippen LogP contribution in [0.15, 0.2) is 5.38 Å². The van der Waals surface area contributed by atoms with Gasteiger partial charge in [-0.15, -0.1) is 11.3 Å². The Hall–Kier alpha value is -0.740. The lowest BCUT2D eigenvalue weighted by molar-refractivity contribution is -0.118. The highest BCUT2D eigenvalue weighted by atomic mass is 32.1. The van der Waals surface area contributed by atoms with Crippen LogP contribution in [0.4, 0.5) is 0 Å². The van der Waals surface area contributed by atoms with Gasteiger partial charge in [-0.25, -0.2) is 4.98 Å². The van der Waals surface area contributed by atoms with Crippen LogP contribution in [0, 0.1) is 6.92 Å². The zero-order valence-corrected chi connectivity index (χ0v) is 11.4. The Morgan fingerprint density at radius 3 is 3.06 bits per heavy atom. The van der Waals surface area contributed by atoms with Gasteiger partial charge in [0, 0.05) is 24.4 Å². The number of likely N-dealkylation sites (tertiary alicyclic amines) is 1. The lowest BCUT2D eigenvalue weighted by Gasteiger charge is -2.34. The molecule has 1 aliphatic rings. The molecule has 1 aromatic heterocycles. The van der Waals surface area contributed by atoms with Crippen molar-refractivity contribution in [1.29, 1.82) is 0 Å². The molecule has 4 heteroatoms. The van der Waals surface area contributed by atoms with Crippen LogP contribution in [0.5, 0.6) is 0 Å². The van der Waals surface area contributed by atoms with Crippen molar-refractivity contribution < 1.29 is 4.79 Å². The van der Waals surface area contributed by atoms with Gasteiger partial charge in [-0.05, 0) is 33.2 Å². The van der Waals surface area contributed by atoms with Crippen molar-refractivity contribution in [2.75, 3.05) is 6.54 Å². The number of piperidine rings is 1. The van der Waals surface area contributed by atoms with E-state index in [4.69, 9.17) is 0 Å². The quantitative estimate of drug-likeness (QED) is 0.826. The summed E-state index contributed by atoms with van der Waals surface area (Å²) < 4.78 is 0. The van der Waals surface area contributed by atoms with Gasteiger partial charge in [-0.2, -0.15) is 0 Å². The maximum absolute atomic E-state index is 11.3. The minimum atomic E-state index is 0.302. The molecule has 1 fully saturated rings. The molecule has 1 aliphatic heterocycles. The van der Waals surface area contributed by atoms with E-state index in [1.807, 2.05) is 6.92 Å². The number of Topliss-reactive ketones (excluding diaryl/α,β-unsaturated/α-hetero) is 1. The second kappa shape index (κ2) is 5.74. The summed E-state index contributed by atoms with van der Waals surface area (Å²) in [5.41, 5.74) is 1.16. The molecule has 0 aliphatic carbocycles. The Morgan fingerprint density at radius 1 is 1.59 bits per heavy atom. The van der Waals surface area contributed by atoms with Gasteiger partial charge in [0.05, 0.1) is 10.7 Å². The standard InChI is InChI=1S/C13H20N2OS/c1-10(16)7-13-5-3-4-6-15(13)8-12-9-17-11(2)14-12/h9,13H,3-8H2,1-2H3. The number of hydrogen-bond acceptors (Lipinski definition) is 4. The lowest BCUT2D eigenvalue weighted by atomic mass is 9.97. The molecule has 1 aromatic rings. The van der Waals surface area contributed by atoms with Crippen LogP contribution in [-0.4, -0.2) is 28.3 Å². The average Bonchev–Trinajstić information content (AvgIpc) is 2.66. The Bertz CT molecular complexity index is 389. The van der Waals surface area contributed by atoms with E-state index in [0.717, 1.165) is 30.2 Å². The number of aromatic nitrogens is 1. The molecule has 0 saturated carbocycles. The third-order valence-electron chi connectivity index (χ3n) is 3.30. The van der Waals surface area contributed by atoms with Crippen molar-refractivity contribution in [3.8, 4) is 0 Å². The van der Waals surface area contributed by atoms with Crippen molar-refractivity contribution >= 4 is 17.1 Å². The Morgan fingerprint density at radius 2 is 2.41 bits per heavy atom. The van der Waals surface area contributed by atoms with E-state index in [-0.39, 0.29) is 0 Å². The molecule has 0 bridgehead atoms. The largest absolute Gasteiger partial charge is 0.300 e. The number of nitrogens with zero attached hydrogens (tertiary/aromatic N) is 2. The molecule has 0 amide bonds. The lowest BCUT2D eigenvalue weighted by Crippen LogP contribution is -2.40. The average molecular weight is 252 g/mol. The van der Waals surface area contributed by atoms with Gasteiger partial charge in [0.1, 0.15) is 5.78 Å². The normalized spacial score (nSPS) is 21.6. The number of carbonyl (C=O) groups is 1. The first-order valence-corrected chi connectivity index (χ1v) is 7.17. The fraction of sp³-hybridized carbons (Fsp3) is 0.692. The number of rotatable bonds is 4. The highest BCUT2D eigenvalue weighted by Crippen LogP contribution is 2.22. The molecule has 0 aromatic carbocycles. The molecular formula is C13H20N2OS. The SMILES string of the molecule is CC(=O)CC1CCCCN1Cc1csc(C)n1. The van der Waals surface area contributed by atoms with Crippen LogP contribution in [0.25, 0.3) is 0 Å². The van der Waals surface area contributed by atoms with Crippen molar-refractivity contribution in [1.82, 2.24) is 9.88 Å². The van der Waals surface area contributed by atoms with Crippen molar-refractivity contribution in [2.45, 2.75) is 52.1 Å². The smallest absolute Gasteiger partial charge is 0.131 e. The molecule has 94 valence electrons. The van der Waals surface area contributed by atoms with Gasteiger partial charge >= 0.3 is 0 Å². The summed E-state index contributed by atoms with van der Waals surface area (Å²) in [6, 6.07) is 0.434. The van der Waals surface area contributed by atoms with Gasteiger partial charge < -0.3 is 0 Å². The second-order valence-corrected chi connectivity index (χ2v) is 5.95. The van der Waals surface area contributed by atoms with E-state index in [2.05, 4.69) is 15.3 Å².